The standard InChI is InChI=1S/C15H12N2O3/c1-9-7-10(2)16-14(9)8-12(15(16)18)11-5-3-4-6-13(11)17(19)20/h3-8H,1-2H3. The fourth-order valence-corrected chi connectivity index (χ4v) is 2.64. The maximum atomic E-state index is 12.5. The van der Waals surface area contributed by atoms with Crippen LogP contribution in [0.4, 0.5) is 5.69 Å². The minimum atomic E-state index is -0.461. The van der Waals surface area contributed by atoms with E-state index in [1.165, 1.54) is 6.07 Å². The largest absolute Gasteiger partial charge is 0.281 e. The van der Waals surface area contributed by atoms with Crippen molar-refractivity contribution in [2.45, 2.75) is 13.8 Å². The van der Waals surface area contributed by atoms with Crippen LogP contribution in [0.15, 0.2) is 30.3 Å². The third-order valence-electron chi connectivity index (χ3n) is 3.53. The number of aromatic nitrogens is 1. The predicted molar refractivity (Wildman–Crippen MR) is 75.5 cm³/mol. The molecule has 20 heavy (non-hydrogen) atoms. The Morgan fingerprint density at radius 2 is 1.90 bits per heavy atom. The third-order valence-corrected chi connectivity index (χ3v) is 3.53. The molecule has 1 aliphatic heterocycles. The van der Waals surface area contributed by atoms with Crippen LogP contribution < -0.4 is 0 Å². The van der Waals surface area contributed by atoms with Gasteiger partial charge < -0.3 is 0 Å². The molecule has 0 aliphatic carbocycles. The summed E-state index contributed by atoms with van der Waals surface area (Å²) in [5.74, 6) is -0.208. The van der Waals surface area contributed by atoms with Gasteiger partial charge in [0.15, 0.2) is 0 Å². The molecule has 0 bridgehead atoms. The van der Waals surface area contributed by atoms with E-state index >= 15 is 0 Å². The molecular formula is C15H12N2O3. The van der Waals surface area contributed by atoms with E-state index in [0.29, 0.717) is 11.1 Å². The first-order valence-electron chi connectivity index (χ1n) is 6.20. The Hall–Kier alpha value is -2.69. The molecule has 0 spiro atoms. The van der Waals surface area contributed by atoms with E-state index in [9.17, 15) is 14.9 Å². The highest BCUT2D eigenvalue weighted by molar-refractivity contribution is 6.29. The summed E-state index contributed by atoms with van der Waals surface area (Å²) in [6.45, 7) is 3.77. The van der Waals surface area contributed by atoms with Crippen LogP contribution in [0.3, 0.4) is 0 Å². The van der Waals surface area contributed by atoms with Crippen molar-refractivity contribution in [2.75, 3.05) is 0 Å². The number of hydrogen-bond acceptors (Lipinski definition) is 3. The average molecular weight is 268 g/mol. The second-order valence-corrected chi connectivity index (χ2v) is 4.83. The molecule has 3 rings (SSSR count). The molecule has 0 fully saturated rings. The third kappa shape index (κ3) is 1.60. The number of carbonyl (C=O) groups excluding carboxylic acids is 1. The molecule has 2 aromatic rings. The van der Waals surface area contributed by atoms with Gasteiger partial charge in [0.25, 0.3) is 11.6 Å². The van der Waals surface area contributed by atoms with Crippen LogP contribution in [0.1, 0.15) is 27.3 Å². The summed E-state index contributed by atoms with van der Waals surface area (Å²) in [5.41, 5.74) is 3.33. The minimum Gasteiger partial charge on any atom is -0.281 e. The lowest BCUT2D eigenvalue weighted by Gasteiger charge is -2.04. The molecule has 5 nitrogen and oxygen atoms in total. The van der Waals surface area contributed by atoms with Crippen molar-refractivity contribution in [1.29, 1.82) is 0 Å². The molecule has 100 valence electrons. The van der Waals surface area contributed by atoms with Crippen LogP contribution in [0.5, 0.6) is 0 Å². The van der Waals surface area contributed by atoms with E-state index in [4.69, 9.17) is 0 Å². The number of rotatable bonds is 2. The molecule has 0 saturated heterocycles. The molecule has 1 aromatic carbocycles. The normalized spacial score (nSPS) is 13.3. The number of allylic oxidation sites excluding steroid dienone is 1. The number of nitro benzene ring substituents is 1. The fraction of sp³-hybridized carbons (Fsp3) is 0.133. The van der Waals surface area contributed by atoms with E-state index in [1.807, 2.05) is 19.9 Å². The molecule has 1 aromatic heterocycles. The van der Waals surface area contributed by atoms with Gasteiger partial charge in [-0.05, 0) is 37.6 Å². The van der Waals surface area contributed by atoms with Gasteiger partial charge in [-0.1, -0.05) is 12.1 Å². The zero-order valence-electron chi connectivity index (χ0n) is 11.1. The van der Waals surface area contributed by atoms with Gasteiger partial charge >= 0.3 is 0 Å². The topological polar surface area (TPSA) is 65.1 Å². The van der Waals surface area contributed by atoms with Gasteiger partial charge in [-0.15, -0.1) is 0 Å². The number of para-hydroxylation sites is 1. The van der Waals surface area contributed by atoms with Crippen LogP contribution in [-0.4, -0.2) is 15.4 Å². The van der Waals surface area contributed by atoms with Crippen molar-refractivity contribution in [3.8, 4) is 0 Å². The quantitative estimate of drug-likeness (QED) is 0.620. The molecule has 2 heterocycles. The number of carbonyl (C=O) groups is 1. The van der Waals surface area contributed by atoms with Crippen molar-refractivity contribution in [3.05, 3.63) is 63.0 Å². The monoisotopic (exact) mass is 268 g/mol. The van der Waals surface area contributed by atoms with E-state index < -0.39 is 4.92 Å². The molecule has 0 unspecified atom stereocenters. The number of aryl methyl sites for hydroxylation is 2. The summed E-state index contributed by atoms with van der Waals surface area (Å²) in [6, 6.07) is 8.25. The Balaban J connectivity index is 2.20. The summed E-state index contributed by atoms with van der Waals surface area (Å²) in [7, 11) is 0. The second-order valence-electron chi connectivity index (χ2n) is 4.83. The lowest BCUT2D eigenvalue weighted by molar-refractivity contribution is -0.385. The van der Waals surface area contributed by atoms with E-state index in [1.54, 1.807) is 28.8 Å². The molecule has 0 atom stereocenters. The Bertz CT molecular complexity index is 784. The Morgan fingerprint density at radius 3 is 2.55 bits per heavy atom. The number of fused-ring (bicyclic) bond motifs is 1. The fourth-order valence-electron chi connectivity index (χ4n) is 2.64. The first-order valence-corrected chi connectivity index (χ1v) is 6.20. The molecular weight excluding hydrogens is 256 g/mol. The van der Waals surface area contributed by atoms with E-state index in [-0.39, 0.29) is 11.6 Å². The summed E-state index contributed by atoms with van der Waals surface area (Å²) in [5, 5.41) is 11.1. The van der Waals surface area contributed by atoms with Crippen LogP contribution in [0, 0.1) is 24.0 Å². The number of nitro groups is 1. The van der Waals surface area contributed by atoms with Crippen molar-refractivity contribution in [2.24, 2.45) is 0 Å². The van der Waals surface area contributed by atoms with E-state index in [2.05, 4.69) is 0 Å². The lowest BCUT2D eigenvalue weighted by Crippen LogP contribution is -2.10. The highest BCUT2D eigenvalue weighted by Gasteiger charge is 2.30. The van der Waals surface area contributed by atoms with Crippen molar-refractivity contribution in [1.82, 2.24) is 4.57 Å². The van der Waals surface area contributed by atoms with E-state index in [0.717, 1.165) is 17.0 Å². The molecule has 1 aliphatic rings. The highest BCUT2D eigenvalue weighted by Crippen LogP contribution is 2.35. The van der Waals surface area contributed by atoms with Crippen LogP contribution in [0.2, 0.25) is 0 Å². The van der Waals surface area contributed by atoms with Crippen molar-refractivity contribution in [3.63, 3.8) is 0 Å². The maximum absolute atomic E-state index is 12.5. The molecule has 0 N–H and O–H groups in total. The zero-order chi connectivity index (χ0) is 14.4. The molecule has 5 heteroatoms. The first-order chi connectivity index (χ1) is 9.50. The second kappa shape index (κ2) is 4.16. The summed E-state index contributed by atoms with van der Waals surface area (Å²) >= 11 is 0. The van der Waals surface area contributed by atoms with Gasteiger partial charge in [-0.25, -0.2) is 0 Å². The van der Waals surface area contributed by atoms with Crippen LogP contribution in [0.25, 0.3) is 11.6 Å². The number of benzene rings is 1. The predicted octanol–water partition coefficient (Wildman–Crippen LogP) is 3.21. The average Bonchev–Trinajstić information content (AvgIpc) is 2.89. The molecule has 0 amide bonds. The van der Waals surface area contributed by atoms with Gasteiger partial charge in [0.05, 0.1) is 21.8 Å². The molecule has 0 saturated carbocycles. The van der Waals surface area contributed by atoms with Gasteiger partial charge in [-0.3, -0.25) is 19.5 Å². The molecule has 0 radical (unpaired) electrons. The zero-order valence-corrected chi connectivity index (χ0v) is 11.1. The highest BCUT2D eigenvalue weighted by atomic mass is 16.6. The summed E-state index contributed by atoms with van der Waals surface area (Å²) < 4.78 is 1.60. The first kappa shape index (κ1) is 12.3. The minimum absolute atomic E-state index is 0.0480. The smallest absolute Gasteiger partial charge is 0.277 e. The summed E-state index contributed by atoms with van der Waals surface area (Å²) in [4.78, 5) is 23.1. The van der Waals surface area contributed by atoms with Gasteiger partial charge in [0.2, 0.25) is 0 Å². The van der Waals surface area contributed by atoms with Gasteiger partial charge in [0.1, 0.15) is 0 Å². The number of hydrogen-bond donors (Lipinski definition) is 0. The van der Waals surface area contributed by atoms with Crippen molar-refractivity contribution < 1.29 is 9.72 Å². The maximum Gasteiger partial charge on any atom is 0.277 e. The lowest BCUT2D eigenvalue weighted by atomic mass is 10.0. The summed E-state index contributed by atoms with van der Waals surface area (Å²) in [6.07, 6.45) is 1.73. The van der Waals surface area contributed by atoms with Gasteiger partial charge in [-0.2, -0.15) is 0 Å². The number of nitrogens with zero attached hydrogens (tertiary/aromatic N) is 2. The van der Waals surface area contributed by atoms with Gasteiger partial charge in [0, 0.05) is 11.8 Å². The Morgan fingerprint density at radius 1 is 1.20 bits per heavy atom. The van der Waals surface area contributed by atoms with Crippen LogP contribution in [-0.2, 0) is 0 Å². The van der Waals surface area contributed by atoms with Crippen molar-refractivity contribution >= 4 is 23.2 Å². The SMILES string of the molecule is Cc1cc(C)n2c1C=C(c1ccccc1[N+](=O)[O-])C2=O. The Labute approximate surface area is 115 Å². The van der Waals surface area contributed by atoms with Crippen LogP contribution >= 0.6 is 0 Å². The Kier molecular flexibility index (Phi) is 2.57.